The highest BCUT2D eigenvalue weighted by Crippen LogP contribution is 2.34. The molecular formula is C26H25F3N4O4S. The van der Waals surface area contributed by atoms with Crippen LogP contribution in [0.25, 0.3) is 0 Å². The summed E-state index contributed by atoms with van der Waals surface area (Å²) in [7, 11) is 1.62. The smallest absolute Gasteiger partial charge is 0.421 e. The van der Waals surface area contributed by atoms with Crippen molar-refractivity contribution in [3.8, 4) is 5.75 Å². The van der Waals surface area contributed by atoms with Gasteiger partial charge in [0.05, 0.1) is 17.8 Å². The summed E-state index contributed by atoms with van der Waals surface area (Å²) >= 11 is 1.54. The van der Waals surface area contributed by atoms with Crippen molar-refractivity contribution in [2.75, 3.05) is 20.2 Å². The van der Waals surface area contributed by atoms with E-state index < -0.39 is 23.8 Å². The summed E-state index contributed by atoms with van der Waals surface area (Å²) in [5.74, 6) is 0.551. The number of likely N-dealkylation sites (tertiary alicyclic amines) is 1. The molecule has 0 spiro atoms. The van der Waals surface area contributed by atoms with Crippen LogP contribution in [-0.4, -0.2) is 46.3 Å². The molecule has 3 aromatic rings. The quantitative estimate of drug-likeness (QED) is 0.451. The Labute approximate surface area is 220 Å². The van der Waals surface area contributed by atoms with Gasteiger partial charge in [0.15, 0.2) is 6.10 Å². The van der Waals surface area contributed by atoms with Gasteiger partial charge in [0.2, 0.25) is 5.91 Å². The number of halogens is 3. The van der Waals surface area contributed by atoms with E-state index in [2.05, 4.69) is 5.16 Å². The zero-order valence-corrected chi connectivity index (χ0v) is 21.3. The number of amides is 1. The number of alkyl halides is 3. The van der Waals surface area contributed by atoms with E-state index in [4.69, 9.17) is 14.6 Å². The van der Waals surface area contributed by atoms with Crippen molar-refractivity contribution in [2.45, 2.75) is 44.0 Å². The molecule has 0 radical (unpaired) electrons. The van der Waals surface area contributed by atoms with Gasteiger partial charge < -0.3 is 19.0 Å². The molecule has 0 bridgehead atoms. The predicted molar refractivity (Wildman–Crippen MR) is 134 cm³/mol. The first-order valence-corrected chi connectivity index (χ1v) is 13.0. The fraction of sp³-hybridized carbons (Fsp3) is 0.385. The number of carbonyl (C=O) groups is 1. The van der Waals surface area contributed by atoms with Gasteiger partial charge >= 0.3 is 6.18 Å². The number of benzene rings is 1. The van der Waals surface area contributed by atoms with Gasteiger partial charge in [-0.25, -0.2) is 4.98 Å². The molecule has 8 nitrogen and oxygen atoms in total. The molecule has 2 aliphatic heterocycles. The van der Waals surface area contributed by atoms with Crippen LogP contribution in [0, 0.1) is 0 Å². The number of carbonyl (C=O) groups excluding carboxylic acids is 1. The van der Waals surface area contributed by atoms with E-state index >= 15 is 0 Å². The number of aromatic nitrogens is 2. The molecule has 1 saturated heterocycles. The van der Waals surface area contributed by atoms with Crippen LogP contribution in [0.15, 0.2) is 57.9 Å². The molecule has 38 heavy (non-hydrogen) atoms. The van der Waals surface area contributed by atoms with Crippen LogP contribution in [-0.2, 0) is 22.4 Å². The standard InChI is InChI=1S/C26H25F3N4O4S/c1-36-18-6-4-16(5-7-18)22-13-20(31-37-22)21-15-38-24(30-21)17-8-11-32(12-9-17)23(34)14-33-10-2-3-19(25(33)35)26(27,28)29/h2-7,10,15,17,22H,8-9,11-14H2,1H3/t22-/m1/s1. The van der Waals surface area contributed by atoms with Crippen molar-refractivity contribution in [3.05, 3.63) is 80.2 Å². The van der Waals surface area contributed by atoms with Gasteiger partial charge in [0, 0.05) is 37.0 Å². The van der Waals surface area contributed by atoms with Gasteiger partial charge in [-0.15, -0.1) is 11.3 Å². The minimum Gasteiger partial charge on any atom is -0.497 e. The monoisotopic (exact) mass is 546 g/mol. The lowest BCUT2D eigenvalue weighted by Gasteiger charge is -2.31. The van der Waals surface area contributed by atoms with E-state index in [0.717, 1.165) is 44.4 Å². The Morgan fingerprint density at radius 3 is 2.61 bits per heavy atom. The van der Waals surface area contributed by atoms with Crippen LogP contribution in [0.1, 0.15) is 53.1 Å². The molecule has 200 valence electrons. The second kappa shape index (κ2) is 10.6. The molecule has 4 heterocycles. The lowest BCUT2D eigenvalue weighted by atomic mass is 9.97. The Balaban J connectivity index is 1.16. The first kappa shape index (κ1) is 26.0. The number of thiazole rings is 1. The van der Waals surface area contributed by atoms with Crippen LogP contribution < -0.4 is 10.3 Å². The normalized spacial score (nSPS) is 18.3. The van der Waals surface area contributed by atoms with E-state index in [1.54, 1.807) is 23.3 Å². The van der Waals surface area contributed by atoms with Gasteiger partial charge in [0.25, 0.3) is 5.56 Å². The van der Waals surface area contributed by atoms with Gasteiger partial charge in [0.1, 0.15) is 23.6 Å². The fourth-order valence-electron chi connectivity index (χ4n) is 4.63. The highest BCUT2D eigenvalue weighted by molar-refractivity contribution is 7.10. The molecule has 1 amide bonds. The Kier molecular flexibility index (Phi) is 7.24. The number of hydrogen-bond acceptors (Lipinski definition) is 7. The largest absolute Gasteiger partial charge is 0.497 e. The maximum atomic E-state index is 13.0. The summed E-state index contributed by atoms with van der Waals surface area (Å²) in [6.45, 7) is 0.454. The minimum atomic E-state index is -4.76. The average molecular weight is 547 g/mol. The maximum Gasteiger partial charge on any atom is 0.421 e. The molecule has 0 N–H and O–H groups in total. The first-order valence-electron chi connectivity index (χ1n) is 12.1. The number of ether oxygens (including phenoxy) is 1. The second-order valence-corrected chi connectivity index (χ2v) is 10.1. The number of piperidine rings is 1. The van der Waals surface area contributed by atoms with Gasteiger partial charge in [-0.1, -0.05) is 17.3 Å². The van der Waals surface area contributed by atoms with Crippen molar-refractivity contribution in [1.82, 2.24) is 14.5 Å². The molecule has 2 aromatic heterocycles. The number of rotatable bonds is 6. The van der Waals surface area contributed by atoms with E-state index in [9.17, 15) is 22.8 Å². The lowest BCUT2D eigenvalue weighted by Crippen LogP contribution is -2.41. The maximum absolute atomic E-state index is 13.0. The van der Waals surface area contributed by atoms with Crippen LogP contribution in [0.2, 0.25) is 0 Å². The van der Waals surface area contributed by atoms with E-state index in [-0.39, 0.29) is 17.9 Å². The first-order chi connectivity index (χ1) is 18.2. The highest BCUT2D eigenvalue weighted by atomic mass is 32.1. The fourth-order valence-corrected chi connectivity index (χ4v) is 5.63. The molecule has 2 aliphatic rings. The van der Waals surface area contributed by atoms with Gasteiger partial charge in [-0.2, -0.15) is 13.2 Å². The number of pyridine rings is 1. The molecule has 12 heteroatoms. The summed E-state index contributed by atoms with van der Waals surface area (Å²) in [6, 6.07) is 9.52. The number of hydrogen-bond donors (Lipinski definition) is 0. The molecule has 1 fully saturated rings. The van der Waals surface area contributed by atoms with E-state index in [1.165, 1.54) is 6.20 Å². The second-order valence-electron chi connectivity index (χ2n) is 9.19. The van der Waals surface area contributed by atoms with Crippen LogP contribution in [0.5, 0.6) is 5.75 Å². The summed E-state index contributed by atoms with van der Waals surface area (Å²) < 4.78 is 45.1. The average Bonchev–Trinajstić information content (AvgIpc) is 3.60. The number of nitrogens with zero attached hydrogens (tertiary/aromatic N) is 4. The van der Waals surface area contributed by atoms with Gasteiger partial charge in [-0.3, -0.25) is 9.59 Å². The number of methoxy groups -OCH3 is 1. The zero-order valence-electron chi connectivity index (χ0n) is 20.5. The molecule has 0 aliphatic carbocycles. The summed E-state index contributed by atoms with van der Waals surface area (Å²) in [5, 5.41) is 7.17. The molecule has 5 rings (SSSR count). The summed E-state index contributed by atoms with van der Waals surface area (Å²) in [4.78, 5) is 36.9. The predicted octanol–water partition coefficient (Wildman–Crippen LogP) is 4.60. The minimum absolute atomic E-state index is 0.161. The Bertz CT molecular complexity index is 1390. The molecule has 0 saturated carbocycles. The van der Waals surface area contributed by atoms with E-state index in [0.29, 0.717) is 32.4 Å². The molecular weight excluding hydrogens is 521 g/mol. The summed E-state index contributed by atoms with van der Waals surface area (Å²) in [6.07, 6.45) is -1.78. The highest BCUT2D eigenvalue weighted by Gasteiger charge is 2.35. The van der Waals surface area contributed by atoms with Crippen LogP contribution in [0.4, 0.5) is 13.2 Å². The lowest BCUT2D eigenvalue weighted by molar-refractivity contribution is -0.139. The third-order valence-corrected chi connectivity index (χ3v) is 7.81. The van der Waals surface area contributed by atoms with Crippen molar-refractivity contribution < 1.29 is 27.5 Å². The SMILES string of the molecule is COc1ccc([C@H]2CC(c3csc(C4CCN(C(=O)Cn5cccc(C(F)(F)F)c5=O)CC4)n3)=NO2)cc1. The molecule has 0 unspecified atom stereocenters. The number of oxime groups is 1. The summed E-state index contributed by atoms with van der Waals surface area (Å²) in [5.41, 5.74) is 0.0746. The topological polar surface area (TPSA) is 86.0 Å². The third kappa shape index (κ3) is 5.45. The van der Waals surface area contributed by atoms with Crippen molar-refractivity contribution in [2.24, 2.45) is 5.16 Å². The zero-order chi connectivity index (χ0) is 26.9. The molecule has 1 aromatic carbocycles. The Morgan fingerprint density at radius 1 is 1.18 bits per heavy atom. The van der Waals surface area contributed by atoms with Gasteiger partial charge in [-0.05, 0) is 42.7 Å². The third-order valence-electron chi connectivity index (χ3n) is 6.80. The molecule has 1 atom stereocenters. The van der Waals surface area contributed by atoms with Crippen molar-refractivity contribution in [3.63, 3.8) is 0 Å². The van der Waals surface area contributed by atoms with Crippen LogP contribution >= 0.6 is 11.3 Å². The Hall–Kier alpha value is -3.67. The van der Waals surface area contributed by atoms with Crippen molar-refractivity contribution >= 4 is 23.0 Å². The van der Waals surface area contributed by atoms with Crippen molar-refractivity contribution in [1.29, 1.82) is 0 Å². The Morgan fingerprint density at radius 2 is 1.92 bits per heavy atom. The van der Waals surface area contributed by atoms with E-state index in [1.807, 2.05) is 29.6 Å². The van der Waals surface area contributed by atoms with Crippen LogP contribution in [0.3, 0.4) is 0 Å².